The van der Waals surface area contributed by atoms with Gasteiger partial charge in [0.05, 0.1) is 10.3 Å². The molecule has 0 N–H and O–H groups in total. The standard InChI is InChI=1S/C15H10BrClFNO2/c1-19-12-5-2-8(6-13(12)21-15(19)20)14(16)10-4-3-9(17)7-11(10)18/h2-7,14H,1H3. The minimum atomic E-state index is -0.425. The number of halogens is 3. The maximum absolute atomic E-state index is 14.0. The number of benzene rings is 2. The van der Waals surface area contributed by atoms with Gasteiger partial charge in [-0.15, -0.1) is 0 Å². The van der Waals surface area contributed by atoms with Gasteiger partial charge >= 0.3 is 5.76 Å². The van der Waals surface area contributed by atoms with Gasteiger partial charge < -0.3 is 4.42 Å². The highest BCUT2D eigenvalue weighted by Gasteiger charge is 2.17. The Labute approximate surface area is 133 Å². The van der Waals surface area contributed by atoms with Crippen LogP contribution in [0.2, 0.25) is 5.02 Å². The molecule has 0 amide bonds. The summed E-state index contributed by atoms with van der Waals surface area (Å²) in [5.74, 6) is -0.815. The molecule has 1 heterocycles. The van der Waals surface area contributed by atoms with Crippen LogP contribution in [-0.2, 0) is 7.05 Å². The molecule has 0 aliphatic carbocycles. The molecule has 0 bridgehead atoms. The average Bonchev–Trinajstić information content (AvgIpc) is 2.73. The fraction of sp³-hybridized carbons (Fsp3) is 0.133. The van der Waals surface area contributed by atoms with Gasteiger partial charge in [0, 0.05) is 17.6 Å². The molecule has 1 atom stereocenters. The van der Waals surface area contributed by atoms with Gasteiger partial charge in [0.15, 0.2) is 5.58 Å². The zero-order valence-electron chi connectivity index (χ0n) is 10.9. The number of rotatable bonds is 2. The van der Waals surface area contributed by atoms with E-state index in [9.17, 15) is 9.18 Å². The predicted molar refractivity (Wildman–Crippen MR) is 83.6 cm³/mol. The van der Waals surface area contributed by atoms with Gasteiger partial charge in [-0.25, -0.2) is 9.18 Å². The molecule has 0 spiro atoms. The minimum absolute atomic E-state index is 0.348. The molecule has 0 aliphatic rings. The van der Waals surface area contributed by atoms with Crippen LogP contribution in [0.5, 0.6) is 0 Å². The Morgan fingerprint density at radius 1 is 1.29 bits per heavy atom. The lowest BCUT2D eigenvalue weighted by Crippen LogP contribution is -2.08. The quantitative estimate of drug-likeness (QED) is 0.626. The molecule has 3 nitrogen and oxygen atoms in total. The van der Waals surface area contributed by atoms with Crippen LogP contribution in [0.1, 0.15) is 16.0 Å². The van der Waals surface area contributed by atoms with Gasteiger partial charge in [-0.3, -0.25) is 4.57 Å². The van der Waals surface area contributed by atoms with E-state index in [1.165, 1.54) is 10.6 Å². The van der Waals surface area contributed by atoms with Crippen molar-refractivity contribution < 1.29 is 8.81 Å². The fourth-order valence-electron chi connectivity index (χ4n) is 2.19. The Morgan fingerprint density at radius 3 is 2.76 bits per heavy atom. The lowest BCUT2D eigenvalue weighted by atomic mass is 10.0. The van der Waals surface area contributed by atoms with Crippen LogP contribution in [0.25, 0.3) is 11.1 Å². The zero-order valence-corrected chi connectivity index (χ0v) is 13.3. The van der Waals surface area contributed by atoms with Crippen molar-refractivity contribution >= 4 is 38.6 Å². The lowest BCUT2D eigenvalue weighted by Gasteiger charge is -2.12. The number of nitrogens with zero attached hydrogens (tertiary/aromatic N) is 1. The van der Waals surface area contributed by atoms with Crippen molar-refractivity contribution in [1.29, 1.82) is 0 Å². The average molecular weight is 371 g/mol. The predicted octanol–water partition coefficient (Wildman–Crippen LogP) is 4.41. The van der Waals surface area contributed by atoms with Crippen LogP contribution < -0.4 is 5.76 Å². The summed E-state index contributed by atoms with van der Waals surface area (Å²) in [6.45, 7) is 0. The molecule has 6 heteroatoms. The molecule has 0 fully saturated rings. The van der Waals surface area contributed by atoms with Crippen molar-refractivity contribution in [2.24, 2.45) is 7.05 Å². The summed E-state index contributed by atoms with van der Waals surface area (Å²) in [4.78, 5) is 11.1. The first-order chi connectivity index (χ1) is 9.97. The van der Waals surface area contributed by atoms with E-state index >= 15 is 0 Å². The Kier molecular flexibility index (Phi) is 3.63. The van der Waals surface area contributed by atoms with Crippen molar-refractivity contribution in [3.8, 4) is 0 Å². The number of oxazole rings is 1. The second kappa shape index (κ2) is 5.31. The highest BCUT2D eigenvalue weighted by Crippen LogP contribution is 2.34. The number of fused-ring (bicyclic) bond motifs is 1. The third-order valence-corrected chi connectivity index (χ3v) is 4.60. The van der Waals surface area contributed by atoms with E-state index in [2.05, 4.69) is 15.9 Å². The van der Waals surface area contributed by atoms with E-state index in [0.29, 0.717) is 21.7 Å². The summed E-state index contributed by atoms with van der Waals surface area (Å²) in [6.07, 6.45) is 0. The topological polar surface area (TPSA) is 35.1 Å². The van der Waals surface area contributed by atoms with Crippen molar-refractivity contribution in [2.75, 3.05) is 0 Å². The van der Waals surface area contributed by atoms with E-state index in [-0.39, 0.29) is 10.6 Å². The monoisotopic (exact) mass is 369 g/mol. The second-order valence-electron chi connectivity index (χ2n) is 4.68. The number of hydrogen-bond donors (Lipinski definition) is 0. The second-order valence-corrected chi connectivity index (χ2v) is 6.03. The molecular formula is C15H10BrClFNO2. The van der Waals surface area contributed by atoms with Crippen molar-refractivity contribution in [3.05, 3.63) is 68.9 Å². The van der Waals surface area contributed by atoms with Gasteiger partial charge in [0.1, 0.15) is 5.82 Å². The van der Waals surface area contributed by atoms with Crippen molar-refractivity contribution in [1.82, 2.24) is 4.57 Å². The normalized spacial score (nSPS) is 12.8. The summed E-state index contributed by atoms with van der Waals surface area (Å²) in [6, 6.07) is 9.86. The van der Waals surface area contributed by atoms with Gasteiger partial charge in [-0.05, 0) is 29.8 Å². The van der Waals surface area contributed by atoms with Gasteiger partial charge in [-0.1, -0.05) is 39.7 Å². The van der Waals surface area contributed by atoms with E-state index in [1.807, 2.05) is 6.07 Å². The molecule has 0 saturated heterocycles. The Hall–Kier alpha value is -1.59. The van der Waals surface area contributed by atoms with Crippen LogP contribution in [0.3, 0.4) is 0 Å². The number of aryl methyl sites for hydroxylation is 1. The molecule has 21 heavy (non-hydrogen) atoms. The minimum Gasteiger partial charge on any atom is -0.408 e. The number of alkyl halides is 1. The SMILES string of the molecule is Cn1c(=O)oc2cc(C(Br)c3ccc(Cl)cc3F)ccc21. The zero-order chi connectivity index (χ0) is 15.1. The summed E-state index contributed by atoms with van der Waals surface area (Å²) in [5, 5.41) is 0.348. The van der Waals surface area contributed by atoms with E-state index in [1.54, 1.807) is 31.3 Å². The maximum Gasteiger partial charge on any atom is 0.419 e. The number of hydrogen-bond acceptors (Lipinski definition) is 2. The van der Waals surface area contributed by atoms with E-state index in [0.717, 1.165) is 5.56 Å². The Balaban J connectivity index is 2.09. The highest BCUT2D eigenvalue weighted by molar-refractivity contribution is 9.09. The first-order valence-electron chi connectivity index (χ1n) is 6.16. The summed E-state index contributed by atoms with van der Waals surface area (Å²) in [7, 11) is 1.64. The Bertz CT molecular complexity index is 887. The first kappa shape index (κ1) is 14.4. The molecule has 3 aromatic rings. The molecule has 0 radical (unpaired) electrons. The molecule has 1 unspecified atom stereocenters. The number of aromatic nitrogens is 1. The lowest BCUT2D eigenvalue weighted by molar-refractivity contribution is 0.528. The smallest absolute Gasteiger partial charge is 0.408 e. The maximum atomic E-state index is 14.0. The summed E-state index contributed by atoms with van der Waals surface area (Å²) >= 11 is 9.23. The van der Waals surface area contributed by atoms with Crippen molar-refractivity contribution in [2.45, 2.75) is 4.83 Å². The molecule has 0 aliphatic heterocycles. The molecule has 0 saturated carbocycles. The van der Waals surface area contributed by atoms with Crippen LogP contribution in [-0.4, -0.2) is 4.57 Å². The molecule has 1 aromatic heterocycles. The fourth-order valence-corrected chi connectivity index (χ4v) is 3.01. The van der Waals surface area contributed by atoms with Gasteiger partial charge in [0.25, 0.3) is 0 Å². The summed E-state index contributed by atoms with van der Waals surface area (Å²) < 4.78 is 20.5. The molecule has 2 aromatic carbocycles. The first-order valence-corrected chi connectivity index (χ1v) is 7.45. The largest absolute Gasteiger partial charge is 0.419 e. The van der Waals surface area contributed by atoms with E-state index < -0.39 is 5.76 Å². The highest BCUT2D eigenvalue weighted by atomic mass is 79.9. The molecule has 108 valence electrons. The van der Waals surface area contributed by atoms with Crippen LogP contribution in [0.15, 0.2) is 45.6 Å². The van der Waals surface area contributed by atoms with Gasteiger partial charge in [0.2, 0.25) is 0 Å². The molecular weight excluding hydrogens is 361 g/mol. The van der Waals surface area contributed by atoms with Gasteiger partial charge in [-0.2, -0.15) is 0 Å². The van der Waals surface area contributed by atoms with Crippen LogP contribution in [0, 0.1) is 5.82 Å². The van der Waals surface area contributed by atoms with Crippen LogP contribution >= 0.6 is 27.5 Å². The van der Waals surface area contributed by atoms with Crippen LogP contribution in [0.4, 0.5) is 4.39 Å². The Morgan fingerprint density at radius 2 is 2.05 bits per heavy atom. The third-order valence-electron chi connectivity index (χ3n) is 3.34. The summed E-state index contributed by atoms with van der Waals surface area (Å²) in [5.41, 5.74) is 2.42. The van der Waals surface area contributed by atoms with Crippen molar-refractivity contribution in [3.63, 3.8) is 0 Å². The molecule has 3 rings (SSSR count). The van der Waals surface area contributed by atoms with E-state index in [4.69, 9.17) is 16.0 Å². The third kappa shape index (κ3) is 2.51.